The molecule has 2 heterocycles. The lowest BCUT2D eigenvalue weighted by atomic mass is 10.00. The molecule has 1 aromatic heterocycles. The number of benzene rings is 1. The van der Waals surface area contributed by atoms with Crippen LogP contribution in [0.15, 0.2) is 34.9 Å². The van der Waals surface area contributed by atoms with Crippen molar-refractivity contribution in [2.45, 2.75) is 25.2 Å². The van der Waals surface area contributed by atoms with Crippen LogP contribution in [0.25, 0.3) is 0 Å². The molecule has 7 heteroatoms. The summed E-state index contributed by atoms with van der Waals surface area (Å²) < 4.78 is 30.8. The van der Waals surface area contributed by atoms with E-state index < -0.39 is 10.0 Å². The molecular formula is C16H19ClN2O3S. The monoisotopic (exact) mass is 354 g/mol. The highest BCUT2D eigenvalue weighted by Gasteiger charge is 2.29. The Morgan fingerprint density at radius 1 is 1.39 bits per heavy atom. The van der Waals surface area contributed by atoms with E-state index in [1.165, 1.54) is 10.6 Å². The van der Waals surface area contributed by atoms with Gasteiger partial charge in [-0.15, -0.1) is 0 Å². The molecule has 1 aliphatic rings. The number of hydrogen-bond acceptors (Lipinski definition) is 4. The Hall–Kier alpha value is -1.37. The van der Waals surface area contributed by atoms with Crippen LogP contribution in [-0.2, 0) is 16.4 Å². The summed E-state index contributed by atoms with van der Waals surface area (Å²) in [5, 5.41) is 0.700. The smallest absolute Gasteiger partial charge is 0.211 e. The molecule has 0 amide bonds. The molecule has 1 fully saturated rings. The Morgan fingerprint density at radius 3 is 2.91 bits per heavy atom. The number of oxazole rings is 1. The predicted molar refractivity (Wildman–Crippen MR) is 89.2 cm³/mol. The van der Waals surface area contributed by atoms with Crippen molar-refractivity contribution >= 4 is 21.6 Å². The number of nitrogens with zero attached hydrogens (tertiary/aromatic N) is 2. The summed E-state index contributed by atoms with van der Waals surface area (Å²) in [6.07, 6.45) is 5.24. The lowest BCUT2D eigenvalue weighted by molar-refractivity contribution is 0.283. The van der Waals surface area contributed by atoms with Gasteiger partial charge in [0.05, 0.1) is 12.5 Å². The second-order valence-electron chi connectivity index (χ2n) is 5.89. The molecule has 1 aromatic carbocycles. The van der Waals surface area contributed by atoms with Gasteiger partial charge in [-0.25, -0.2) is 17.7 Å². The molecule has 1 aliphatic heterocycles. The van der Waals surface area contributed by atoms with Crippen LogP contribution in [0.3, 0.4) is 0 Å². The van der Waals surface area contributed by atoms with E-state index >= 15 is 0 Å². The van der Waals surface area contributed by atoms with Crippen molar-refractivity contribution in [3.8, 4) is 0 Å². The second-order valence-corrected chi connectivity index (χ2v) is 8.28. The number of aromatic nitrogens is 1. The zero-order valence-corrected chi connectivity index (χ0v) is 14.5. The van der Waals surface area contributed by atoms with E-state index in [0.717, 1.165) is 24.2 Å². The average Bonchev–Trinajstić information content (AvgIpc) is 2.98. The first kappa shape index (κ1) is 16.5. The SMILES string of the molecule is CS(=O)(=O)N1CCC[C@@H](c2ncc(Cc3ccccc3Cl)o2)C1. The van der Waals surface area contributed by atoms with E-state index in [1.54, 1.807) is 6.20 Å². The van der Waals surface area contributed by atoms with Gasteiger partial charge >= 0.3 is 0 Å². The molecule has 1 saturated heterocycles. The second kappa shape index (κ2) is 6.63. The first-order valence-electron chi connectivity index (χ1n) is 7.56. The zero-order chi connectivity index (χ0) is 16.4. The largest absolute Gasteiger partial charge is 0.445 e. The molecule has 23 heavy (non-hydrogen) atoms. The third kappa shape index (κ3) is 3.94. The molecule has 5 nitrogen and oxygen atoms in total. The highest BCUT2D eigenvalue weighted by atomic mass is 35.5. The predicted octanol–water partition coefficient (Wildman–Crippen LogP) is 3.06. The maximum absolute atomic E-state index is 11.7. The van der Waals surface area contributed by atoms with E-state index in [0.29, 0.717) is 30.4 Å². The summed E-state index contributed by atoms with van der Waals surface area (Å²) in [6, 6.07) is 7.62. The first-order valence-corrected chi connectivity index (χ1v) is 9.79. The normalized spacial score (nSPS) is 19.8. The van der Waals surface area contributed by atoms with Crippen molar-refractivity contribution in [3.05, 3.63) is 52.7 Å². The van der Waals surface area contributed by atoms with Crippen molar-refractivity contribution in [1.29, 1.82) is 0 Å². The summed E-state index contributed by atoms with van der Waals surface area (Å²) in [5.41, 5.74) is 0.985. The molecule has 0 saturated carbocycles. The third-order valence-electron chi connectivity index (χ3n) is 4.10. The van der Waals surface area contributed by atoms with Crippen LogP contribution < -0.4 is 0 Å². The Balaban J connectivity index is 1.73. The lowest BCUT2D eigenvalue weighted by Crippen LogP contribution is -2.38. The highest BCUT2D eigenvalue weighted by molar-refractivity contribution is 7.88. The minimum absolute atomic E-state index is 0.0125. The molecular weight excluding hydrogens is 336 g/mol. The van der Waals surface area contributed by atoms with Crippen molar-refractivity contribution < 1.29 is 12.8 Å². The van der Waals surface area contributed by atoms with Gasteiger partial charge < -0.3 is 4.42 Å². The Bertz CT molecular complexity index is 788. The number of hydrogen-bond donors (Lipinski definition) is 0. The first-order chi connectivity index (χ1) is 10.9. The quantitative estimate of drug-likeness (QED) is 0.846. The maximum Gasteiger partial charge on any atom is 0.211 e. The fourth-order valence-electron chi connectivity index (χ4n) is 2.87. The molecule has 0 aliphatic carbocycles. The van der Waals surface area contributed by atoms with Crippen molar-refractivity contribution in [2.75, 3.05) is 19.3 Å². The van der Waals surface area contributed by atoms with Crippen molar-refractivity contribution in [2.24, 2.45) is 0 Å². The van der Waals surface area contributed by atoms with Crippen LogP contribution in [0, 0.1) is 0 Å². The Labute approximate surface area is 141 Å². The number of piperidine rings is 1. The minimum Gasteiger partial charge on any atom is -0.445 e. The van der Waals surface area contributed by atoms with Crippen LogP contribution in [0.5, 0.6) is 0 Å². The van der Waals surface area contributed by atoms with E-state index in [9.17, 15) is 8.42 Å². The Kier molecular flexibility index (Phi) is 4.75. The standard InChI is InChI=1S/C16H19ClN2O3S/c1-23(20,21)19-8-4-6-13(11-19)16-18-10-14(22-16)9-12-5-2-3-7-15(12)17/h2-3,5,7,10,13H,4,6,8-9,11H2,1H3/t13-/m1/s1. The minimum atomic E-state index is -3.17. The summed E-state index contributed by atoms with van der Waals surface area (Å²) in [7, 11) is -3.17. The van der Waals surface area contributed by atoms with Crippen molar-refractivity contribution in [3.63, 3.8) is 0 Å². The molecule has 124 valence electrons. The van der Waals surface area contributed by atoms with E-state index in [4.69, 9.17) is 16.0 Å². The van der Waals surface area contributed by atoms with Crippen LogP contribution in [0.1, 0.15) is 36.0 Å². The summed E-state index contributed by atoms with van der Waals surface area (Å²) in [5.74, 6) is 1.36. The average molecular weight is 355 g/mol. The third-order valence-corrected chi connectivity index (χ3v) is 5.73. The van der Waals surface area contributed by atoms with Gasteiger partial charge in [0, 0.05) is 30.5 Å². The van der Waals surface area contributed by atoms with Gasteiger partial charge in [0.25, 0.3) is 0 Å². The maximum atomic E-state index is 11.7. The summed E-state index contributed by atoms with van der Waals surface area (Å²) in [4.78, 5) is 4.35. The van der Waals surface area contributed by atoms with Crippen LogP contribution in [0.4, 0.5) is 0 Å². The van der Waals surface area contributed by atoms with Gasteiger partial charge in [-0.2, -0.15) is 0 Å². The topological polar surface area (TPSA) is 63.4 Å². The fraction of sp³-hybridized carbons (Fsp3) is 0.438. The fourth-order valence-corrected chi connectivity index (χ4v) is 3.98. The van der Waals surface area contributed by atoms with Crippen LogP contribution >= 0.6 is 11.6 Å². The van der Waals surface area contributed by atoms with E-state index in [2.05, 4.69) is 4.98 Å². The van der Waals surface area contributed by atoms with Crippen molar-refractivity contribution in [1.82, 2.24) is 9.29 Å². The van der Waals surface area contributed by atoms with E-state index in [1.807, 2.05) is 24.3 Å². The zero-order valence-electron chi connectivity index (χ0n) is 12.9. The van der Waals surface area contributed by atoms with Gasteiger partial charge in [0.2, 0.25) is 10.0 Å². The lowest BCUT2D eigenvalue weighted by Gasteiger charge is -2.29. The molecule has 3 rings (SSSR count). The van der Waals surface area contributed by atoms with Gasteiger partial charge in [0.15, 0.2) is 5.89 Å². The molecule has 2 aromatic rings. The highest BCUT2D eigenvalue weighted by Crippen LogP contribution is 2.28. The molecule has 0 N–H and O–H groups in total. The van der Waals surface area contributed by atoms with Gasteiger partial charge in [-0.05, 0) is 24.5 Å². The number of rotatable bonds is 4. The molecule has 0 spiro atoms. The van der Waals surface area contributed by atoms with Crippen LogP contribution in [0.2, 0.25) is 5.02 Å². The molecule has 0 bridgehead atoms. The van der Waals surface area contributed by atoms with Crippen LogP contribution in [-0.4, -0.2) is 37.1 Å². The summed E-state index contributed by atoms with van der Waals surface area (Å²) in [6.45, 7) is 1.01. The van der Waals surface area contributed by atoms with Gasteiger partial charge in [0.1, 0.15) is 5.76 Å². The van der Waals surface area contributed by atoms with E-state index in [-0.39, 0.29) is 5.92 Å². The Morgan fingerprint density at radius 2 is 2.17 bits per heavy atom. The molecule has 0 radical (unpaired) electrons. The summed E-state index contributed by atoms with van der Waals surface area (Å²) >= 11 is 6.16. The number of halogens is 1. The molecule has 0 unspecified atom stereocenters. The molecule has 1 atom stereocenters. The van der Waals surface area contributed by atoms with Gasteiger partial charge in [-0.3, -0.25) is 0 Å². The van der Waals surface area contributed by atoms with Gasteiger partial charge in [-0.1, -0.05) is 29.8 Å². The number of sulfonamides is 1.